The normalized spacial score (nSPS) is 14.7. The van der Waals surface area contributed by atoms with Gasteiger partial charge in [0.2, 0.25) is 0 Å². The molecule has 0 radical (unpaired) electrons. The van der Waals surface area contributed by atoms with Crippen molar-refractivity contribution in [2.24, 2.45) is 5.92 Å². The van der Waals surface area contributed by atoms with Gasteiger partial charge in [0.25, 0.3) is 0 Å². The Bertz CT molecular complexity index is 410. The molecule has 1 aromatic carbocycles. The Hall–Kier alpha value is -0.381. The molecule has 0 aliphatic rings. The van der Waals surface area contributed by atoms with Gasteiger partial charge in [-0.25, -0.2) is 0 Å². The Labute approximate surface area is 136 Å². The molecule has 0 saturated heterocycles. The van der Waals surface area contributed by atoms with Crippen LogP contribution in [0.2, 0.25) is 5.32 Å². The molecular weight excluding hydrogens is 329 g/mol. The number of rotatable bonds is 9. The summed E-state index contributed by atoms with van der Waals surface area (Å²) in [6.45, 7) is 7.32. The van der Waals surface area contributed by atoms with E-state index >= 15 is 0 Å². The summed E-state index contributed by atoms with van der Waals surface area (Å²) < 4.78 is 12.7. The van der Waals surface area contributed by atoms with E-state index in [1.165, 1.54) is 10.0 Å². The third kappa shape index (κ3) is 6.50. The number of benzene rings is 1. The van der Waals surface area contributed by atoms with Crippen molar-refractivity contribution in [2.75, 3.05) is 27.8 Å². The average molecular weight is 358 g/mol. The molecule has 0 amide bonds. The first-order chi connectivity index (χ1) is 9.95. The molecule has 1 rings (SSSR count). The van der Waals surface area contributed by atoms with E-state index in [0.717, 1.165) is 11.9 Å². The SMILES string of the molecule is CO[C@@H](C[Se]c1ccccc1[C@@H](C)N(C)C)OCC(C)C. The zero-order valence-corrected chi connectivity index (χ0v) is 15.8. The quantitative estimate of drug-likeness (QED) is 0.501. The third-order valence-corrected chi connectivity index (χ3v) is 5.75. The summed E-state index contributed by atoms with van der Waals surface area (Å²) in [5.41, 5.74) is 1.42. The first-order valence-corrected chi connectivity index (χ1v) is 9.55. The molecule has 0 spiro atoms. The molecule has 1 aromatic rings. The van der Waals surface area contributed by atoms with Crippen LogP contribution in [0.3, 0.4) is 0 Å². The van der Waals surface area contributed by atoms with Crippen molar-refractivity contribution >= 4 is 19.4 Å². The van der Waals surface area contributed by atoms with Crippen molar-refractivity contribution in [2.45, 2.75) is 38.4 Å². The molecule has 0 N–H and O–H groups in total. The molecule has 0 heterocycles. The van der Waals surface area contributed by atoms with Crippen LogP contribution in [0.15, 0.2) is 24.3 Å². The van der Waals surface area contributed by atoms with Gasteiger partial charge in [0.15, 0.2) is 0 Å². The fourth-order valence-corrected chi connectivity index (χ4v) is 4.24. The van der Waals surface area contributed by atoms with Gasteiger partial charge in [0.1, 0.15) is 0 Å². The number of ether oxygens (including phenoxy) is 2. The molecule has 0 bridgehead atoms. The maximum absolute atomic E-state index is 5.81. The van der Waals surface area contributed by atoms with Crippen LogP contribution in [-0.4, -0.2) is 54.0 Å². The second-order valence-electron chi connectivity index (χ2n) is 5.88. The van der Waals surface area contributed by atoms with E-state index in [0.29, 0.717) is 26.9 Å². The minimum atomic E-state index is -0.0879. The molecule has 0 aliphatic carbocycles. The number of hydrogen-bond donors (Lipinski definition) is 0. The molecule has 0 saturated carbocycles. The van der Waals surface area contributed by atoms with Gasteiger partial charge in [-0.1, -0.05) is 0 Å². The fourth-order valence-electron chi connectivity index (χ4n) is 1.88. The summed E-state index contributed by atoms with van der Waals surface area (Å²) >= 11 is 0.360. The Balaban J connectivity index is 2.65. The second kappa shape index (κ2) is 9.60. The predicted molar refractivity (Wildman–Crippen MR) is 90.3 cm³/mol. The van der Waals surface area contributed by atoms with E-state index in [1.54, 1.807) is 7.11 Å². The van der Waals surface area contributed by atoms with E-state index < -0.39 is 0 Å². The summed E-state index contributed by atoms with van der Waals surface area (Å²) in [7, 11) is 5.98. The van der Waals surface area contributed by atoms with Gasteiger partial charge in [-0.3, -0.25) is 0 Å². The molecule has 21 heavy (non-hydrogen) atoms. The molecule has 0 aromatic heterocycles. The van der Waals surface area contributed by atoms with Crippen molar-refractivity contribution < 1.29 is 9.47 Å². The number of nitrogens with zero attached hydrogens (tertiary/aromatic N) is 1. The Morgan fingerprint density at radius 3 is 2.38 bits per heavy atom. The predicted octanol–water partition coefficient (Wildman–Crippen LogP) is 2.70. The second-order valence-corrected chi connectivity index (χ2v) is 8.11. The summed E-state index contributed by atoms with van der Waals surface area (Å²) in [5, 5.41) is 0.952. The molecule has 2 atom stereocenters. The van der Waals surface area contributed by atoms with Gasteiger partial charge >= 0.3 is 136 Å². The van der Waals surface area contributed by atoms with Crippen molar-refractivity contribution in [1.82, 2.24) is 4.90 Å². The molecular formula is C17H29NO2Se. The standard InChI is InChI=1S/C17H29NO2Se/c1-13(2)11-20-17(19-6)12-21-16-10-8-7-9-15(16)14(3)18(4)5/h7-10,13-14,17H,11-12H2,1-6H3/t14-,17-/m1/s1. The van der Waals surface area contributed by atoms with E-state index in [2.05, 4.69) is 64.0 Å². The molecule has 0 unspecified atom stereocenters. The van der Waals surface area contributed by atoms with Crippen LogP contribution in [0.4, 0.5) is 0 Å². The first-order valence-electron chi connectivity index (χ1n) is 7.48. The summed E-state index contributed by atoms with van der Waals surface area (Å²) in [6, 6.07) is 9.15. The Kier molecular flexibility index (Phi) is 8.53. The van der Waals surface area contributed by atoms with E-state index in [1.807, 2.05) is 0 Å². The van der Waals surface area contributed by atoms with Gasteiger partial charge in [0, 0.05) is 0 Å². The van der Waals surface area contributed by atoms with Gasteiger partial charge < -0.3 is 0 Å². The van der Waals surface area contributed by atoms with Crippen LogP contribution >= 0.6 is 0 Å². The first kappa shape index (κ1) is 18.7. The van der Waals surface area contributed by atoms with Crippen LogP contribution in [0, 0.1) is 5.92 Å². The van der Waals surface area contributed by atoms with Gasteiger partial charge in [-0.15, -0.1) is 0 Å². The monoisotopic (exact) mass is 359 g/mol. The van der Waals surface area contributed by atoms with Crippen LogP contribution in [0.5, 0.6) is 0 Å². The van der Waals surface area contributed by atoms with Crippen LogP contribution in [-0.2, 0) is 9.47 Å². The van der Waals surface area contributed by atoms with E-state index in [9.17, 15) is 0 Å². The van der Waals surface area contributed by atoms with Gasteiger partial charge in [-0.05, 0) is 0 Å². The van der Waals surface area contributed by atoms with Crippen LogP contribution in [0.1, 0.15) is 32.4 Å². The Morgan fingerprint density at radius 2 is 1.81 bits per heavy atom. The summed E-state index contributed by atoms with van der Waals surface area (Å²) in [6.07, 6.45) is -0.0879. The zero-order valence-electron chi connectivity index (χ0n) is 14.1. The van der Waals surface area contributed by atoms with Gasteiger partial charge in [-0.2, -0.15) is 0 Å². The fraction of sp³-hybridized carbons (Fsp3) is 0.647. The van der Waals surface area contributed by atoms with Crippen LogP contribution < -0.4 is 4.46 Å². The van der Waals surface area contributed by atoms with E-state index in [-0.39, 0.29) is 6.29 Å². The van der Waals surface area contributed by atoms with Crippen molar-refractivity contribution in [3.63, 3.8) is 0 Å². The molecule has 3 nitrogen and oxygen atoms in total. The van der Waals surface area contributed by atoms with Crippen molar-refractivity contribution in [1.29, 1.82) is 0 Å². The minimum absolute atomic E-state index is 0.0879. The molecule has 4 heteroatoms. The Morgan fingerprint density at radius 1 is 1.14 bits per heavy atom. The van der Waals surface area contributed by atoms with Gasteiger partial charge in [0.05, 0.1) is 0 Å². The van der Waals surface area contributed by atoms with E-state index in [4.69, 9.17) is 9.47 Å². The number of hydrogen-bond acceptors (Lipinski definition) is 3. The summed E-state index contributed by atoms with van der Waals surface area (Å²) in [5.74, 6) is 0.538. The van der Waals surface area contributed by atoms with Crippen molar-refractivity contribution in [3.05, 3.63) is 29.8 Å². The third-order valence-electron chi connectivity index (χ3n) is 3.40. The number of methoxy groups -OCH3 is 1. The molecule has 0 fully saturated rings. The van der Waals surface area contributed by atoms with Crippen LogP contribution in [0.25, 0.3) is 0 Å². The average Bonchev–Trinajstić information content (AvgIpc) is 2.46. The topological polar surface area (TPSA) is 21.7 Å². The zero-order chi connectivity index (χ0) is 15.8. The maximum atomic E-state index is 5.81. The van der Waals surface area contributed by atoms with Crippen molar-refractivity contribution in [3.8, 4) is 0 Å². The summed E-state index contributed by atoms with van der Waals surface area (Å²) in [4.78, 5) is 2.25. The molecule has 120 valence electrons. The molecule has 0 aliphatic heterocycles.